The number of benzene rings is 1. The topological polar surface area (TPSA) is 149 Å². The van der Waals surface area contributed by atoms with Crippen LogP contribution in [0.3, 0.4) is 0 Å². The second kappa shape index (κ2) is 13.8. The lowest BCUT2D eigenvalue weighted by Crippen LogP contribution is -2.51. The van der Waals surface area contributed by atoms with Gasteiger partial charge in [0.05, 0.1) is 17.9 Å². The van der Waals surface area contributed by atoms with Crippen molar-refractivity contribution in [3.63, 3.8) is 0 Å². The number of halogens is 6. The van der Waals surface area contributed by atoms with Crippen LogP contribution >= 0.6 is 0 Å². The van der Waals surface area contributed by atoms with E-state index in [4.69, 9.17) is 13.9 Å². The normalized spacial score (nSPS) is 21.0. The number of hydrogen-bond donors (Lipinski definition) is 3. The first-order chi connectivity index (χ1) is 22.4. The largest absolute Gasteiger partial charge is 0.480 e. The van der Waals surface area contributed by atoms with Gasteiger partial charge < -0.3 is 24.3 Å². The maximum Gasteiger partial charge on any atom is 0.426 e. The molecule has 0 aliphatic carbocycles. The maximum atomic E-state index is 15.4. The van der Waals surface area contributed by atoms with E-state index in [1.165, 1.54) is 39.8 Å². The quantitative estimate of drug-likeness (QED) is 0.174. The van der Waals surface area contributed by atoms with E-state index in [-0.39, 0.29) is 12.8 Å². The highest BCUT2D eigenvalue weighted by molar-refractivity contribution is 5.90. The number of carbonyl (C=O) groups is 2. The third-order valence-corrected chi connectivity index (χ3v) is 7.28. The van der Waals surface area contributed by atoms with E-state index >= 15 is 13.2 Å². The van der Waals surface area contributed by atoms with E-state index in [9.17, 15) is 27.9 Å². The third kappa shape index (κ3) is 8.06. The van der Waals surface area contributed by atoms with Gasteiger partial charge in [-0.15, -0.1) is 10.2 Å². The molecule has 1 amide bonds. The summed E-state index contributed by atoms with van der Waals surface area (Å²) in [6, 6.07) is 6.70. The molecule has 260 valence electrons. The summed E-state index contributed by atoms with van der Waals surface area (Å²) in [4.78, 5) is 28.7. The van der Waals surface area contributed by atoms with Gasteiger partial charge in [0.1, 0.15) is 17.5 Å². The van der Waals surface area contributed by atoms with E-state index in [1.54, 1.807) is 30.3 Å². The van der Waals surface area contributed by atoms with Gasteiger partial charge in [-0.3, -0.25) is 5.32 Å². The fourth-order valence-electron chi connectivity index (χ4n) is 5.04. The summed E-state index contributed by atoms with van der Waals surface area (Å²) >= 11 is 0. The zero-order chi connectivity index (χ0) is 35.5. The molecule has 1 aliphatic rings. The number of carboxylic acid groups (broad SMARTS) is 1. The molecule has 0 fully saturated rings. The predicted octanol–water partition coefficient (Wildman–Crippen LogP) is 7.71. The zero-order valence-electron chi connectivity index (χ0n) is 26.2. The predicted molar refractivity (Wildman–Crippen MR) is 159 cm³/mol. The lowest BCUT2D eigenvalue weighted by atomic mass is 9.81. The minimum absolute atomic E-state index is 0.134. The molecule has 0 radical (unpaired) electrons. The van der Waals surface area contributed by atoms with Crippen molar-refractivity contribution in [2.24, 2.45) is 5.92 Å². The fourth-order valence-corrected chi connectivity index (χ4v) is 5.04. The number of ether oxygens (including phenoxy) is 2. The second-order valence-corrected chi connectivity index (χ2v) is 11.9. The van der Waals surface area contributed by atoms with Gasteiger partial charge in [0.2, 0.25) is 5.60 Å². The van der Waals surface area contributed by atoms with E-state index in [0.717, 1.165) is 0 Å². The summed E-state index contributed by atoms with van der Waals surface area (Å²) in [5, 5.41) is 21.6. The number of carbonyl (C=O) groups excluding carboxylic acids is 1. The molecule has 0 saturated carbocycles. The van der Waals surface area contributed by atoms with Gasteiger partial charge in [-0.1, -0.05) is 49.4 Å². The Labute approximate surface area is 270 Å². The molecular formula is C31H33F6N5O6. The van der Waals surface area contributed by atoms with E-state index in [0.29, 0.717) is 11.6 Å². The van der Waals surface area contributed by atoms with E-state index < -0.39 is 95.1 Å². The molecular weight excluding hydrogens is 652 g/mol. The van der Waals surface area contributed by atoms with Crippen molar-refractivity contribution in [2.75, 3.05) is 10.6 Å². The molecule has 4 rings (SSSR count). The SMILES string of the molecule is CCC1C/C=C\CC(C(=O)O)Nc2nc(c(NC(=O)OC(C)(C)C)cc2C(F)(F)F)-c2nnc(o2)C1(OCc1ccccc1)C(F)(F)F. The number of aromatic nitrogens is 3. The van der Waals surface area contributed by atoms with Crippen LogP contribution in [0.15, 0.2) is 53.0 Å². The summed E-state index contributed by atoms with van der Waals surface area (Å²) in [6.45, 7) is 5.41. The van der Waals surface area contributed by atoms with Crippen molar-refractivity contribution in [1.82, 2.24) is 15.2 Å². The number of amides is 1. The van der Waals surface area contributed by atoms with Gasteiger partial charge in [-0.05, 0) is 51.7 Å². The number of aliphatic carboxylic acids is 1. The Morgan fingerprint density at radius 3 is 2.31 bits per heavy atom. The fraction of sp³-hybridized carbons (Fsp3) is 0.452. The summed E-state index contributed by atoms with van der Waals surface area (Å²) in [5.74, 6) is -5.86. The summed E-state index contributed by atoms with van der Waals surface area (Å²) in [5.41, 5.74) is -6.86. The van der Waals surface area contributed by atoms with Gasteiger partial charge >= 0.3 is 24.4 Å². The highest BCUT2D eigenvalue weighted by atomic mass is 19.4. The number of alkyl halides is 6. The van der Waals surface area contributed by atoms with Crippen LogP contribution in [0.2, 0.25) is 0 Å². The van der Waals surface area contributed by atoms with Crippen LogP contribution in [0.1, 0.15) is 64.0 Å². The number of carboxylic acids is 1. The van der Waals surface area contributed by atoms with Gasteiger partial charge in [-0.25, -0.2) is 14.6 Å². The Morgan fingerprint density at radius 1 is 1.06 bits per heavy atom. The number of nitrogens with zero attached hydrogens (tertiary/aromatic N) is 3. The first-order valence-electron chi connectivity index (χ1n) is 14.7. The molecule has 11 nitrogen and oxygen atoms in total. The molecule has 3 unspecified atom stereocenters. The Bertz CT molecular complexity index is 1640. The summed E-state index contributed by atoms with van der Waals surface area (Å²) in [6.07, 6.45) is -9.91. The third-order valence-electron chi connectivity index (χ3n) is 7.28. The molecule has 0 spiro atoms. The number of anilines is 2. The molecule has 48 heavy (non-hydrogen) atoms. The van der Waals surface area contributed by atoms with Crippen LogP contribution in [0.4, 0.5) is 42.6 Å². The highest BCUT2D eigenvalue weighted by Gasteiger charge is 2.65. The van der Waals surface area contributed by atoms with Gasteiger partial charge in [-0.2, -0.15) is 26.3 Å². The van der Waals surface area contributed by atoms with Crippen molar-refractivity contribution < 1.29 is 54.9 Å². The van der Waals surface area contributed by atoms with Gasteiger partial charge in [0.25, 0.3) is 11.8 Å². The molecule has 17 heteroatoms. The van der Waals surface area contributed by atoms with Crippen molar-refractivity contribution in [1.29, 1.82) is 0 Å². The number of allylic oxidation sites excluding steroid dienone is 1. The maximum absolute atomic E-state index is 15.4. The average molecular weight is 686 g/mol. The van der Waals surface area contributed by atoms with Gasteiger partial charge in [0.15, 0.2) is 5.69 Å². The number of nitrogens with one attached hydrogen (secondary N) is 2. The standard InChI is InChI=1S/C31H33F6N5O6/c1-5-18-13-9-10-14-20(25(43)44)38-23-19(30(32,33)34)15-21(39-27(45)48-28(2,3)4)22(40-23)24-41-42-26(47-24)29(18,31(35,36)37)46-16-17-11-7-6-8-12-17/h6-12,15,18,20H,5,13-14,16H2,1-4H3,(H,38,40)(H,39,45)(H,43,44)/b10-9-. The van der Waals surface area contributed by atoms with Crippen molar-refractivity contribution >= 4 is 23.6 Å². The van der Waals surface area contributed by atoms with Crippen molar-refractivity contribution in [3.05, 3.63) is 65.6 Å². The highest BCUT2D eigenvalue weighted by Crippen LogP contribution is 2.51. The lowest BCUT2D eigenvalue weighted by Gasteiger charge is -2.38. The molecule has 3 N–H and O–H groups in total. The van der Waals surface area contributed by atoms with Crippen LogP contribution in [0, 0.1) is 5.92 Å². The molecule has 3 heterocycles. The Balaban J connectivity index is 2.00. The number of pyridine rings is 1. The number of hydrogen-bond acceptors (Lipinski definition) is 9. The monoisotopic (exact) mass is 685 g/mol. The minimum atomic E-state index is -5.18. The van der Waals surface area contributed by atoms with Crippen LogP contribution in [-0.4, -0.2) is 50.2 Å². The lowest BCUT2D eigenvalue weighted by molar-refractivity contribution is -0.317. The van der Waals surface area contributed by atoms with Crippen LogP contribution in [0.25, 0.3) is 11.6 Å². The van der Waals surface area contributed by atoms with Gasteiger partial charge in [0, 0.05) is 5.92 Å². The summed E-state index contributed by atoms with van der Waals surface area (Å²) in [7, 11) is 0. The molecule has 1 aromatic carbocycles. The van der Waals surface area contributed by atoms with E-state index in [1.807, 2.05) is 0 Å². The molecule has 3 aromatic rings. The first-order valence-corrected chi connectivity index (χ1v) is 14.7. The number of rotatable bonds is 6. The van der Waals surface area contributed by atoms with Crippen molar-refractivity contribution in [2.45, 2.75) is 83.2 Å². The Hall–Kier alpha value is -4.67. The minimum Gasteiger partial charge on any atom is -0.480 e. The first kappa shape index (κ1) is 36.2. The smallest absolute Gasteiger partial charge is 0.426 e. The van der Waals surface area contributed by atoms with Crippen LogP contribution < -0.4 is 10.6 Å². The Kier molecular flexibility index (Phi) is 10.4. The van der Waals surface area contributed by atoms with Crippen LogP contribution in [-0.2, 0) is 32.7 Å². The molecule has 2 aromatic heterocycles. The zero-order valence-corrected chi connectivity index (χ0v) is 26.2. The van der Waals surface area contributed by atoms with Crippen LogP contribution in [0.5, 0.6) is 0 Å². The molecule has 3 atom stereocenters. The molecule has 4 bridgehead atoms. The Morgan fingerprint density at radius 2 is 1.73 bits per heavy atom. The molecule has 0 saturated heterocycles. The van der Waals surface area contributed by atoms with Crippen molar-refractivity contribution in [3.8, 4) is 11.6 Å². The molecule has 1 aliphatic heterocycles. The average Bonchev–Trinajstić information content (AvgIpc) is 3.46. The summed E-state index contributed by atoms with van der Waals surface area (Å²) < 4.78 is 105. The second-order valence-electron chi connectivity index (χ2n) is 11.9. The van der Waals surface area contributed by atoms with E-state index in [2.05, 4.69) is 25.8 Å². The number of fused-ring (bicyclic) bond motifs is 5.